The van der Waals surface area contributed by atoms with Crippen LogP contribution in [0, 0.1) is 5.92 Å². The Kier molecular flexibility index (Phi) is 2.99. The highest BCUT2D eigenvalue weighted by molar-refractivity contribution is 8.00. The summed E-state index contributed by atoms with van der Waals surface area (Å²) in [4.78, 5) is 23.6. The highest BCUT2D eigenvalue weighted by atomic mass is 32.2. The summed E-state index contributed by atoms with van der Waals surface area (Å²) >= 11 is 1.55. The van der Waals surface area contributed by atoms with Crippen molar-refractivity contribution in [1.82, 2.24) is 10.4 Å². The Hall–Kier alpha value is -1.49. The van der Waals surface area contributed by atoms with Gasteiger partial charge in [0.15, 0.2) is 0 Å². The molecular weight excluding hydrogens is 248 g/mol. The van der Waals surface area contributed by atoms with E-state index in [-0.39, 0.29) is 23.1 Å². The van der Waals surface area contributed by atoms with Crippen LogP contribution in [-0.2, 0) is 9.59 Å². The molecule has 18 heavy (non-hydrogen) atoms. The topological polar surface area (TPSA) is 49.4 Å². The van der Waals surface area contributed by atoms with Gasteiger partial charge in [-0.3, -0.25) is 15.0 Å². The van der Waals surface area contributed by atoms with Crippen molar-refractivity contribution in [2.24, 2.45) is 5.92 Å². The molecule has 2 fully saturated rings. The molecule has 2 aliphatic rings. The first kappa shape index (κ1) is 11.6. The quantitative estimate of drug-likeness (QED) is 0.902. The van der Waals surface area contributed by atoms with Crippen LogP contribution in [0.2, 0.25) is 0 Å². The van der Waals surface area contributed by atoms with Crippen molar-refractivity contribution in [3.8, 4) is 0 Å². The lowest BCUT2D eigenvalue weighted by Gasteiger charge is -2.24. The third-order valence-corrected chi connectivity index (χ3v) is 4.34. The minimum absolute atomic E-state index is 0.0215. The van der Waals surface area contributed by atoms with E-state index < -0.39 is 0 Å². The maximum atomic E-state index is 11.8. The van der Waals surface area contributed by atoms with E-state index in [2.05, 4.69) is 5.43 Å². The molecule has 3 rings (SSSR count). The van der Waals surface area contributed by atoms with Crippen LogP contribution < -0.4 is 5.43 Å². The summed E-state index contributed by atoms with van der Waals surface area (Å²) in [6.07, 6.45) is 1.88. The molecule has 1 heterocycles. The zero-order chi connectivity index (χ0) is 12.5. The second-order valence-electron chi connectivity index (χ2n) is 4.59. The van der Waals surface area contributed by atoms with Crippen molar-refractivity contribution in [2.75, 3.05) is 5.75 Å². The number of amides is 2. The molecule has 1 aromatic rings. The normalized spacial score (nSPS) is 23.2. The molecule has 1 aliphatic carbocycles. The standard InChI is InChI=1S/C13H14N2O2S/c16-11-8-18-13(10-4-2-1-3-5-10)15(11)14-12(17)9-6-7-9/h1-5,9,13H,6-8H2,(H,14,17). The average Bonchev–Trinajstić information content (AvgIpc) is 3.18. The number of carbonyl (C=O) groups excluding carboxylic acids is 2. The predicted molar refractivity (Wildman–Crippen MR) is 69.4 cm³/mol. The number of nitrogens with zero attached hydrogens (tertiary/aromatic N) is 1. The molecule has 0 spiro atoms. The fourth-order valence-electron chi connectivity index (χ4n) is 1.96. The summed E-state index contributed by atoms with van der Waals surface area (Å²) in [5, 5.41) is 1.39. The first-order valence-corrected chi connectivity index (χ1v) is 7.09. The molecular formula is C13H14N2O2S. The van der Waals surface area contributed by atoms with Crippen LogP contribution in [0.15, 0.2) is 30.3 Å². The van der Waals surface area contributed by atoms with Crippen LogP contribution in [0.25, 0.3) is 0 Å². The Bertz CT molecular complexity index is 473. The van der Waals surface area contributed by atoms with Crippen molar-refractivity contribution in [1.29, 1.82) is 0 Å². The molecule has 0 aromatic heterocycles. The highest BCUT2D eigenvalue weighted by Crippen LogP contribution is 2.38. The Labute approximate surface area is 110 Å². The summed E-state index contributed by atoms with van der Waals surface area (Å²) in [7, 11) is 0. The van der Waals surface area contributed by atoms with Gasteiger partial charge >= 0.3 is 0 Å². The number of nitrogens with one attached hydrogen (secondary N) is 1. The van der Waals surface area contributed by atoms with E-state index in [0.29, 0.717) is 5.75 Å². The van der Waals surface area contributed by atoms with E-state index in [1.54, 1.807) is 11.8 Å². The monoisotopic (exact) mass is 262 g/mol. The van der Waals surface area contributed by atoms with E-state index in [1.807, 2.05) is 30.3 Å². The number of carbonyl (C=O) groups is 2. The molecule has 1 aromatic carbocycles. The Morgan fingerprint density at radius 3 is 2.67 bits per heavy atom. The number of thioether (sulfide) groups is 1. The average molecular weight is 262 g/mol. The SMILES string of the molecule is O=C(NN1C(=O)CSC1c1ccccc1)C1CC1. The van der Waals surface area contributed by atoms with E-state index >= 15 is 0 Å². The molecule has 1 saturated carbocycles. The van der Waals surface area contributed by atoms with Gasteiger partial charge in [0.05, 0.1) is 5.75 Å². The first-order chi connectivity index (χ1) is 8.75. The van der Waals surface area contributed by atoms with Gasteiger partial charge in [0, 0.05) is 5.92 Å². The van der Waals surface area contributed by atoms with E-state index in [1.165, 1.54) is 5.01 Å². The maximum Gasteiger partial charge on any atom is 0.252 e. The van der Waals surface area contributed by atoms with Gasteiger partial charge in [-0.25, -0.2) is 5.01 Å². The predicted octanol–water partition coefficient (Wildman–Crippen LogP) is 1.70. The summed E-state index contributed by atoms with van der Waals surface area (Å²) < 4.78 is 0. The van der Waals surface area contributed by atoms with Gasteiger partial charge in [-0.05, 0) is 18.4 Å². The smallest absolute Gasteiger partial charge is 0.252 e. The van der Waals surface area contributed by atoms with Crippen LogP contribution in [-0.4, -0.2) is 22.6 Å². The fourth-order valence-corrected chi connectivity index (χ4v) is 3.07. The van der Waals surface area contributed by atoms with Gasteiger partial charge < -0.3 is 0 Å². The van der Waals surface area contributed by atoms with Crippen molar-refractivity contribution in [3.63, 3.8) is 0 Å². The number of hydrogen-bond acceptors (Lipinski definition) is 3. The third kappa shape index (κ3) is 2.22. The summed E-state index contributed by atoms with van der Waals surface area (Å²) in [6, 6.07) is 9.79. The first-order valence-electron chi connectivity index (χ1n) is 6.05. The summed E-state index contributed by atoms with van der Waals surface area (Å²) in [6.45, 7) is 0. The molecule has 4 nitrogen and oxygen atoms in total. The van der Waals surface area contributed by atoms with Gasteiger partial charge in [-0.1, -0.05) is 30.3 Å². The molecule has 0 bridgehead atoms. The van der Waals surface area contributed by atoms with Gasteiger partial charge in [-0.15, -0.1) is 11.8 Å². The van der Waals surface area contributed by atoms with Crippen molar-refractivity contribution >= 4 is 23.6 Å². The number of rotatable bonds is 3. The van der Waals surface area contributed by atoms with Crippen LogP contribution in [0.5, 0.6) is 0 Å². The lowest BCUT2D eigenvalue weighted by Crippen LogP contribution is -2.45. The third-order valence-electron chi connectivity index (χ3n) is 3.13. The van der Waals surface area contributed by atoms with Crippen LogP contribution >= 0.6 is 11.8 Å². The molecule has 1 atom stereocenters. The van der Waals surface area contributed by atoms with Crippen LogP contribution in [0.4, 0.5) is 0 Å². The summed E-state index contributed by atoms with van der Waals surface area (Å²) in [5.41, 5.74) is 3.81. The number of benzene rings is 1. The lowest BCUT2D eigenvalue weighted by molar-refractivity contribution is -0.140. The Morgan fingerprint density at radius 1 is 1.28 bits per heavy atom. The second-order valence-corrected chi connectivity index (χ2v) is 5.66. The van der Waals surface area contributed by atoms with Gasteiger partial charge in [-0.2, -0.15) is 0 Å². The van der Waals surface area contributed by atoms with Gasteiger partial charge in [0.1, 0.15) is 5.37 Å². The minimum Gasteiger partial charge on any atom is -0.273 e. The lowest BCUT2D eigenvalue weighted by atomic mass is 10.2. The fraction of sp³-hybridized carbons (Fsp3) is 0.385. The molecule has 1 N–H and O–H groups in total. The molecule has 1 saturated heterocycles. The molecule has 0 radical (unpaired) electrons. The zero-order valence-corrected chi connectivity index (χ0v) is 10.7. The van der Waals surface area contributed by atoms with E-state index in [0.717, 1.165) is 18.4 Å². The highest BCUT2D eigenvalue weighted by Gasteiger charge is 2.37. The van der Waals surface area contributed by atoms with Crippen molar-refractivity contribution in [3.05, 3.63) is 35.9 Å². The molecule has 5 heteroatoms. The Balaban J connectivity index is 1.76. The van der Waals surface area contributed by atoms with Crippen LogP contribution in [0.1, 0.15) is 23.8 Å². The maximum absolute atomic E-state index is 11.8. The van der Waals surface area contributed by atoms with Gasteiger partial charge in [0.2, 0.25) is 5.91 Å². The van der Waals surface area contributed by atoms with E-state index in [4.69, 9.17) is 0 Å². The van der Waals surface area contributed by atoms with Crippen molar-refractivity contribution in [2.45, 2.75) is 18.2 Å². The largest absolute Gasteiger partial charge is 0.273 e. The number of hydrazine groups is 1. The van der Waals surface area contributed by atoms with Crippen LogP contribution in [0.3, 0.4) is 0 Å². The second kappa shape index (κ2) is 4.65. The summed E-state index contributed by atoms with van der Waals surface area (Å²) in [5.74, 6) is 0.485. The van der Waals surface area contributed by atoms with Gasteiger partial charge in [0.25, 0.3) is 5.91 Å². The molecule has 1 unspecified atom stereocenters. The minimum atomic E-state index is -0.0959. The Morgan fingerprint density at radius 2 is 2.00 bits per heavy atom. The molecule has 2 amide bonds. The number of hydrogen-bond donors (Lipinski definition) is 1. The molecule has 1 aliphatic heterocycles. The van der Waals surface area contributed by atoms with Crippen molar-refractivity contribution < 1.29 is 9.59 Å². The van der Waals surface area contributed by atoms with E-state index in [9.17, 15) is 9.59 Å². The molecule has 94 valence electrons. The zero-order valence-electron chi connectivity index (χ0n) is 9.83.